The fraction of sp³-hybridized carbons (Fsp3) is 0.417. The van der Waals surface area contributed by atoms with Crippen LogP contribution in [0.15, 0.2) is 18.2 Å². The molecule has 2 nitrogen and oxygen atoms in total. The Bertz CT molecular complexity index is 355. The van der Waals surface area contributed by atoms with Crippen LogP contribution < -0.4 is 0 Å². The summed E-state index contributed by atoms with van der Waals surface area (Å²) in [6, 6.07) is 6.08. The highest BCUT2D eigenvalue weighted by Gasteiger charge is 2.20. The van der Waals surface area contributed by atoms with Gasteiger partial charge in [0.1, 0.15) is 0 Å². The minimum absolute atomic E-state index is 0.143. The van der Waals surface area contributed by atoms with Gasteiger partial charge in [0.05, 0.1) is 12.2 Å². The first-order valence-corrected chi connectivity index (χ1v) is 5.11. The molecule has 1 aliphatic rings. The van der Waals surface area contributed by atoms with Gasteiger partial charge in [0, 0.05) is 6.42 Å². The first-order chi connectivity index (χ1) is 6.83. The van der Waals surface area contributed by atoms with Crippen LogP contribution >= 0.6 is 0 Å². The molecular formula is C12H14O2. The largest absolute Gasteiger partial charge is 0.462 e. The van der Waals surface area contributed by atoms with E-state index in [1.165, 1.54) is 0 Å². The van der Waals surface area contributed by atoms with Gasteiger partial charge in [-0.2, -0.15) is 0 Å². The zero-order valence-electron chi connectivity index (χ0n) is 8.38. The van der Waals surface area contributed by atoms with Crippen molar-refractivity contribution in [3.8, 4) is 0 Å². The molecule has 2 heteroatoms. The van der Waals surface area contributed by atoms with E-state index in [0.717, 1.165) is 36.0 Å². The number of carbonyl (C=O) groups excluding carboxylic acids is 1. The molecule has 0 aromatic heterocycles. The second-order valence-corrected chi connectivity index (χ2v) is 3.59. The van der Waals surface area contributed by atoms with Gasteiger partial charge in [-0.05, 0) is 17.5 Å². The number of cyclic esters (lactones) is 1. The van der Waals surface area contributed by atoms with Crippen molar-refractivity contribution in [3.63, 3.8) is 0 Å². The minimum Gasteiger partial charge on any atom is -0.462 e. The highest BCUT2D eigenvalue weighted by molar-refractivity contribution is 5.93. The first kappa shape index (κ1) is 9.25. The third kappa shape index (κ3) is 1.52. The molecular weight excluding hydrogens is 176 g/mol. The maximum absolute atomic E-state index is 11.6. The van der Waals surface area contributed by atoms with Crippen molar-refractivity contribution in [1.82, 2.24) is 0 Å². The summed E-state index contributed by atoms with van der Waals surface area (Å²) in [5.41, 5.74) is 3.10. The molecule has 0 N–H and O–H groups in total. The summed E-state index contributed by atoms with van der Waals surface area (Å²) in [6.45, 7) is 2.65. The van der Waals surface area contributed by atoms with Crippen molar-refractivity contribution in [2.45, 2.75) is 26.2 Å². The minimum atomic E-state index is -0.143. The van der Waals surface area contributed by atoms with Crippen LogP contribution in [0.1, 0.15) is 34.8 Å². The lowest BCUT2D eigenvalue weighted by Crippen LogP contribution is -2.19. The molecule has 0 aliphatic carbocycles. The molecule has 0 spiro atoms. The van der Waals surface area contributed by atoms with Gasteiger partial charge in [-0.15, -0.1) is 0 Å². The maximum atomic E-state index is 11.6. The molecule has 1 aromatic rings. The zero-order chi connectivity index (χ0) is 9.97. The molecule has 74 valence electrons. The molecule has 0 bridgehead atoms. The van der Waals surface area contributed by atoms with E-state index in [1.807, 2.05) is 18.2 Å². The average molecular weight is 190 g/mol. The summed E-state index contributed by atoms with van der Waals surface area (Å²) in [6.07, 6.45) is 2.88. The van der Waals surface area contributed by atoms with Crippen LogP contribution in [0.5, 0.6) is 0 Å². The van der Waals surface area contributed by atoms with Crippen LogP contribution in [0.2, 0.25) is 0 Å². The van der Waals surface area contributed by atoms with E-state index in [9.17, 15) is 4.79 Å². The summed E-state index contributed by atoms with van der Waals surface area (Å²) in [7, 11) is 0. The topological polar surface area (TPSA) is 26.3 Å². The molecule has 0 saturated heterocycles. The van der Waals surface area contributed by atoms with Crippen molar-refractivity contribution < 1.29 is 9.53 Å². The second kappa shape index (κ2) is 3.82. The van der Waals surface area contributed by atoms with Gasteiger partial charge < -0.3 is 4.74 Å². The number of hydrogen-bond acceptors (Lipinski definition) is 2. The molecule has 0 unspecified atom stereocenters. The number of ether oxygens (including phenoxy) is 1. The Hall–Kier alpha value is -1.31. The van der Waals surface area contributed by atoms with Gasteiger partial charge in [-0.25, -0.2) is 4.79 Å². The molecule has 1 aromatic carbocycles. The number of fused-ring (bicyclic) bond motifs is 1. The number of hydrogen-bond donors (Lipinski definition) is 0. The normalized spacial score (nSPS) is 14.8. The SMILES string of the molecule is CCCc1cccc2c1C(=O)OCC2. The Morgan fingerprint density at radius 1 is 1.43 bits per heavy atom. The first-order valence-electron chi connectivity index (χ1n) is 5.11. The number of esters is 1. The Balaban J connectivity index is 2.46. The Kier molecular flexibility index (Phi) is 2.53. The quantitative estimate of drug-likeness (QED) is 0.669. The number of rotatable bonds is 2. The van der Waals surface area contributed by atoms with Crippen LogP contribution in [0.3, 0.4) is 0 Å². The van der Waals surface area contributed by atoms with Crippen molar-refractivity contribution in [2.75, 3.05) is 6.61 Å². The molecule has 0 atom stereocenters. The van der Waals surface area contributed by atoms with Crippen molar-refractivity contribution in [3.05, 3.63) is 34.9 Å². The second-order valence-electron chi connectivity index (χ2n) is 3.59. The van der Waals surface area contributed by atoms with Crippen molar-refractivity contribution in [2.24, 2.45) is 0 Å². The van der Waals surface area contributed by atoms with Gasteiger partial charge in [-0.1, -0.05) is 31.5 Å². The van der Waals surface area contributed by atoms with Gasteiger partial charge >= 0.3 is 5.97 Å². The molecule has 0 radical (unpaired) electrons. The average Bonchev–Trinajstić information content (AvgIpc) is 2.19. The molecule has 0 fully saturated rings. The fourth-order valence-electron chi connectivity index (χ4n) is 1.93. The standard InChI is InChI=1S/C12H14O2/c1-2-4-9-5-3-6-10-7-8-14-12(13)11(9)10/h3,5-6H,2,4,7-8H2,1H3. The molecule has 14 heavy (non-hydrogen) atoms. The lowest BCUT2D eigenvalue weighted by atomic mass is 9.95. The summed E-state index contributed by atoms with van der Waals surface area (Å²) in [4.78, 5) is 11.6. The third-order valence-corrected chi connectivity index (χ3v) is 2.57. The van der Waals surface area contributed by atoms with E-state index in [0.29, 0.717) is 6.61 Å². The molecule has 0 amide bonds. The maximum Gasteiger partial charge on any atom is 0.338 e. The summed E-state index contributed by atoms with van der Waals surface area (Å²) in [5, 5.41) is 0. The smallest absolute Gasteiger partial charge is 0.338 e. The Morgan fingerprint density at radius 2 is 2.29 bits per heavy atom. The Labute approximate surface area is 83.9 Å². The highest BCUT2D eigenvalue weighted by atomic mass is 16.5. The Morgan fingerprint density at radius 3 is 3.07 bits per heavy atom. The summed E-state index contributed by atoms with van der Waals surface area (Å²) >= 11 is 0. The van der Waals surface area contributed by atoms with Crippen LogP contribution in [-0.4, -0.2) is 12.6 Å². The van der Waals surface area contributed by atoms with E-state index in [2.05, 4.69) is 6.92 Å². The molecule has 1 heterocycles. The summed E-state index contributed by atoms with van der Waals surface area (Å²) < 4.78 is 5.05. The number of aryl methyl sites for hydroxylation is 1. The van der Waals surface area contributed by atoms with Crippen LogP contribution in [0.4, 0.5) is 0 Å². The van der Waals surface area contributed by atoms with Crippen LogP contribution in [0, 0.1) is 0 Å². The van der Waals surface area contributed by atoms with E-state index >= 15 is 0 Å². The van der Waals surface area contributed by atoms with Gasteiger partial charge in [0.25, 0.3) is 0 Å². The van der Waals surface area contributed by atoms with E-state index in [4.69, 9.17) is 4.74 Å². The van der Waals surface area contributed by atoms with E-state index in [-0.39, 0.29) is 5.97 Å². The van der Waals surface area contributed by atoms with Crippen LogP contribution in [-0.2, 0) is 17.6 Å². The number of benzene rings is 1. The van der Waals surface area contributed by atoms with Gasteiger partial charge in [0.15, 0.2) is 0 Å². The zero-order valence-corrected chi connectivity index (χ0v) is 8.38. The lowest BCUT2D eigenvalue weighted by Gasteiger charge is -2.18. The summed E-state index contributed by atoms with van der Waals surface area (Å²) in [5.74, 6) is -0.143. The van der Waals surface area contributed by atoms with E-state index < -0.39 is 0 Å². The fourth-order valence-corrected chi connectivity index (χ4v) is 1.93. The molecule has 2 rings (SSSR count). The number of carbonyl (C=O) groups is 1. The molecule has 0 saturated carbocycles. The monoisotopic (exact) mass is 190 g/mol. The predicted molar refractivity (Wildman–Crippen MR) is 54.4 cm³/mol. The van der Waals surface area contributed by atoms with Gasteiger partial charge in [-0.3, -0.25) is 0 Å². The molecule has 1 aliphatic heterocycles. The lowest BCUT2D eigenvalue weighted by molar-refractivity contribution is 0.0478. The van der Waals surface area contributed by atoms with Gasteiger partial charge in [0.2, 0.25) is 0 Å². The van der Waals surface area contributed by atoms with Crippen molar-refractivity contribution >= 4 is 5.97 Å². The highest BCUT2D eigenvalue weighted by Crippen LogP contribution is 2.21. The predicted octanol–water partition coefficient (Wildman–Crippen LogP) is 2.35. The third-order valence-electron chi connectivity index (χ3n) is 2.57. The van der Waals surface area contributed by atoms with E-state index in [1.54, 1.807) is 0 Å². The van der Waals surface area contributed by atoms with Crippen molar-refractivity contribution in [1.29, 1.82) is 0 Å². The van der Waals surface area contributed by atoms with Crippen LogP contribution in [0.25, 0.3) is 0 Å².